The summed E-state index contributed by atoms with van der Waals surface area (Å²) in [6, 6.07) is 6.78. The number of carbonyl (C=O) groups excluding carboxylic acids is 1. The molecule has 6 nitrogen and oxygen atoms in total. The second-order valence-electron chi connectivity index (χ2n) is 3.26. The van der Waals surface area contributed by atoms with Crippen molar-refractivity contribution >= 4 is 23.5 Å². The number of benzene rings is 1. The van der Waals surface area contributed by atoms with Gasteiger partial charge in [-0.05, 0) is 18.2 Å². The van der Waals surface area contributed by atoms with Gasteiger partial charge in [0.25, 0.3) is 0 Å². The van der Waals surface area contributed by atoms with Crippen LogP contribution in [0.2, 0.25) is 5.02 Å². The number of nitrogens with one attached hydrogen (secondary N) is 1. The molecule has 1 aromatic rings. The number of hydroxylamine groups is 1. The Kier molecular flexibility index (Phi) is 5.96. The maximum Gasteiger partial charge on any atom is 0.332 e. The van der Waals surface area contributed by atoms with Crippen LogP contribution in [0.3, 0.4) is 0 Å². The summed E-state index contributed by atoms with van der Waals surface area (Å²) in [5.41, 5.74) is 1.99. The maximum atomic E-state index is 11.1. The molecule has 0 atom stereocenters. The molecule has 0 saturated carbocycles. The van der Waals surface area contributed by atoms with Crippen LogP contribution in [0.15, 0.2) is 24.3 Å². The molecule has 0 aliphatic rings. The molecule has 0 radical (unpaired) electrons. The fraction of sp³-hybridized carbons (Fsp3) is 0.273. The van der Waals surface area contributed by atoms with E-state index in [1.807, 2.05) is 5.48 Å². The van der Waals surface area contributed by atoms with Crippen LogP contribution < -0.4 is 10.2 Å². The third kappa shape index (κ3) is 6.07. The molecule has 7 heteroatoms. The quantitative estimate of drug-likeness (QED) is 0.730. The smallest absolute Gasteiger partial charge is 0.332 e. The lowest BCUT2D eigenvalue weighted by molar-refractivity contribution is -0.149. The number of carboxylic acids is 1. The Morgan fingerprint density at radius 2 is 2.17 bits per heavy atom. The molecule has 0 aliphatic heterocycles. The molecule has 0 bridgehead atoms. The second-order valence-corrected chi connectivity index (χ2v) is 3.70. The predicted octanol–water partition coefficient (Wildman–Crippen LogP) is 1.24. The number of halogens is 1. The first kappa shape index (κ1) is 14.3. The minimum Gasteiger partial charge on any atom is -0.493 e. The predicted molar refractivity (Wildman–Crippen MR) is 63.3 cm³/mol. The Hall–Kier alpha value is -1.79. The summed E-state index contributed by atoms with van der Waals surface area (Å²) >= 11 is 5.75. The summed E-state index contributed by atoms with van der Waals surface area (Å²) in [5, 5.41) is 8.81. The average Bonchev–Trinajstić information content (AvgIpc) is 2.28. The maximum absolute atomic E-state index is 11.1. The number of amides is 1. The van der Waals surface area contributed by atoms with Gasteiger partial charge in [-0.3, -0.25) is 9.63 Å². The molecule has 0 saturated heterocycles. The minimum atomic E-state index is -1.16. The van der Waals surface area contributed by atoms with E-state index in [1.165, 1.54) is 0 Å². The van der Waals surface area contributed by atoms with E-state index in [2.05, 4.69) is 4.84 Å². The second kappa shape index (κ2) is 7.52. The lowest BCUT2D eigenvalue weighted by Gasteiger charge is -2.06. The van der Waals surface area contributed by atoms with Crippen molar-refractivity contribution in [3.63, 3.8) is 0 Å². The van der Waals surface area contributed by atoms with Crippen molar-refractivity contribution < 1.29 is 24.3 Å². The highest BCUT2D eigenvalue weighted by Gasteiger charge is 2.04. The molecule has 1 aromatic carbocycles. The van der Waals surface area contributed by atoms with Crippen LogP contribution in [-0.2, 0) is 14.4 Å². The Balaban J connectivity index is 2.17. The number of carbonyl (C=O) groups is 2. The summed E-state index contributed by atoms with van der Waals surface area (Å²) in [5.74, 6) is -1.06. The molecule has 2 N–H and O–H groups in total. The van der Waals surface area contributed by atoms with Gasteiger partial charge in [-0.2, -0.15) is 0 Å². The Bertz CT molecular complexity index is 424. The molecule has 1 amide bonds. The minimum absolute atomic E-state index is 0.0478. The molecular formula is C11H12ClNO5. The summed E-state index contributed by atoms with van der Waals surface area (Å²) in [4.78, 5) is 25.6. The first-order valence-electron chi connectivity index (χ1n) is 5.08. The fourth-order valence-corrected chi connectivity index (χ4v) is 1.23. The van der Waals surface area contributed by atoms with Crippen molar-refractivity contribution in [1.29, 1.82) is 0 Å². The molecule has 98 valence electrons. The standard InChI is InChI=1S/C11H12ClNO5/c12-8-2-1-3-9(6-8)17-5-4-10(14)13-18-7-11(15)16/h1-3,6H,4-5,7H2,(H,13,14)(H,15,16). The molecule has 18 heavy (non-hydrogen) atoms. The van der Waals surface area contributed by atoms with Gasteiger partial charge in [0.2, 0.25) is 5.91 Å². The Morgan fingerprint density at radius 1 is 1.39 bits per heavy atom. The zero-order valence-electron chi connectivity index (χ0n) is 9.39. The van der Waals surface area contributed by atoms with Crippen molar-refractivity contribution in [3.05, 3.63) is 29.3 Å². The van der Waals surface area contributed by atoms with Crippen LogP contribution in [0, 0.1) is 0 Å². The summed E-state index contributed by atoms with van der Waals surface area (Å²) in [7, 11) is 0. The third-order valence-electron chi connectivity index (χ3n) is 1.78. The van der Waals surface area contributed by atoms with E-state index in [0.29, 0.717) is 10.8 Å². The van der Waals surface area contributed by atoms with Crippen molar-refractivity contribution in [2.45, 2.75) is 6.42 Å². The van der Waals surface area contributed by atoms with Gasteiger partial charge in [-0.15, -0.1) is 0 Å². The number of carboxylic acid groups (broad SMARTS) is 1. The zero-order chi connectivity index (χ0) is 13.4. The van der Waals surface area contributed by atoms with Gasteiger partial charge in [-0.1, -0.05) is 17.7 Å². The SMILES string of the molecule is O=C(O)CONC(=O)CCOc1cccc(Cl)c1. The van der Waals surface area contributed by atoms with Crippen LogP contribution in [0.1, 0.15) is 6.42 Å². The first-order valence-corrected chi connectivity index (χ1v) is 5.46. The zero-order valence-corrected chi connectivity index (χ0v) is 10.1. The first-order chi connectivity index (χ1) is 8.58. The Morgan fingerprint density at radius 3 is 2.83 bits per heavy atom. The van der Waals surface area contributed by atoms with Gasteiger partial charge < -0.3 is 9.84 Å². The lowest BCUT2D eigenvalue weighted by atomic mass is 10.3. The number of aliphatic carboxylic acids is 1. The van der Waals surface area contributed by atoms with E-state index >= 15 is 0 Å². The highest BCUT2D eigenvalue weighted by Crippen LogP contribution is 2.16. The third-order valence-corrected chi connectivity index (χ3v) is 2.01. The molecule has 0 unspecified atom stereocenters. The van der Waals surface area contributed by atoms with Crippen molar-refractivity contribution in [2.24, 2.45) is 0 Å². The lowest BCUT2D eigenvalue weighted by Crippen LogP contribution is -2.27. The van der Waals surface area contributed by atoms with Crippen LogP contribution in [0.25, 0.3) is 0 Å². The van der Waals surface area contributed by atoms with Crippen molar-refractivity contribution in [2.75, 3.05) is 13.2 Å². The van der Waals surface area contributed by atoms with Crippen molar-refractivity contribution in [3.8, 4) is 5.75 Å². The normalized spacial score (nSPS) is 9.83. The van der Waals surface area contributed by atoms with E-state index in [4.69, 9.17) is 21.4 Å². The number of hydrogen-bond acceptors (Lipinski definition) is 4. The van der Waals surface area contributed by atoms with Gasteiger partial charge >= 0.3 is 5.97 Å². The molecule has 0 spiro atoms. The average molecular weight is 274 g/mol. The molecule has 0 fully saturated rings. The highest BCUT2D eigenvalue weighted by atomic mass is 35.5. The molecule has 0 aliphatic carbocycles. The van der Waals surface area contributed by atoms with Gasteiger partial charge in [0.1, 0.15) is 5.75 Å². The van der Waals surface area contributed by atoms with Crippen LogP contribution in [0.4, 0.5) is 0 Å². The summed E-state index contributed by atoms with van der Waals surface area (Å²) in [6.07, 6.45) is 0.0478. The molecule has 1 rings (SSSR count). The van der Waals surface area contributed by atoms with Crippen molar-refractivity contribution in [1.82, 2.24) is 5.48 Å². The van der Waals surface area contributed by atoms with E-state index < -0.39 is 18.5 Å². The highest BCUT2D eigenvalue weighted by molar-refractivity contribution is 6.30. The number of rotatable bonds is 7. The van der Waals surface area contributed by atoms with Gasteiger partial charge in [0, 0.05) is 5.02 Å². The van der Waals surface area contributed by atoms with Crippen LogP contribution >= 0.6 is 11.6 Å². The van der Waals surface area contributed by atoms with E-state index in [0.717, 1.165) is 0 Å². The summed E-state index contributed by atoms with van der Waals surface area (Å²) < 4.78 is 5.27. The molecule has 0 heterocycles. The van der Waals surface area contributed by atoms with E-state index in [1.54, 1.807) is 24.3 Å². The monoisotopic (exact) mass is 273 g/mol. The molecule has 0 aromatic heterocycles. The summed E-state index contributed by atoms with van der Waals surface area (Å²) in [6.45, 7) is -0.441. The fourth-order valence-electron chi connectivity index (χ4n) is 1.05. The van der Waals surface area contributed by atoms with Gasteiger partial charge in [0.05, 0.1) is 13.0 Å². The van der Waals surface area contributed by atoms with E-state index in [9.17, 15) is 9.59 Å². The van der Waals surface area contributed by atoms with Gasteiger partial charge in [0.15, 0.2) is 6.61 Å². The Labute approximate surface area is 108 Å². The van der Waals surface area contributed by atoms with E-state index in [-0.39, 0.29) is 13.0 Å². The van der Waals surface area contributed by atoms with Crippen LogP contribution in [0.5, 0.6) is 5.75 Å². The van der Waals surface area contributed by atoms with Crippen LogP contribution in [-0.4, -0.2) is 30.2 Å². The molecular weight excluding hydrogens is 262 g/mol. The number of hydrogen-bond donors (Lipinski definition) is 2. The number of ether oxygens (including phenoxy) is 1. The largest absolute Gasteiger partial charge is 0.493 e. The topological polar surface area (TPSA) is 84.9 Å². The van der Waals surface area contributed by atoms with Gasteiger partial charge in [-0.25, -0.2) is 10.3 Å².